The summed E-state index contributed by atoms with van der Waals surface area (Å²) in [5.41, 5.74) is -0.129. The number of hydrogen-bond donors (Lipinski definition) is 2. The predicted octanol–water partition coefficient (Wildman–Crippen LogP) is 1.95. The summed E-state index contributed by atoms with van der Waals surface area (Å²) in [6.45, 7) is 3.83. The molecule has 0 radical (unpaired) electrons. The molecule has 0 bridgehead atoms. The van der Waals surface area contributed by atoms with Crippen LogP contribution in [0.3, 0.4) is 0 Å². The van der Waals surface area contributed by atoms with Gasteiger partial charge >= 0.3 is 0 Å². The van der Waals surface area contributed by atoms with Crippen LogP contribution in [0, 0.1) is 11.3 Å². The maximum atomic E-state index is 13.0. The normalized spacial score (nSPS) is 30.8. The highest BCUT2D eigenvalue weighted by Gasteiger charge is 2.50. The number of nitrogens with one attached hydrogen (secondary N) is 2. The molecule has 1 aromatic heterocycles. The largest absolute Gasteiger partial charge is 0.356 e. The van der Waals surface area contributed by atoms with Gasteiger partial charge in [-0.2, -0.15) is 0 Å². The van der Waals surface area contributed by atoms with Crippen LogP contribution in [-0.4, -0.2) is 43.1 Å². The third-order valence-electron chi connectivity index (χ3n) is 6.29. The van der Waals surface area contributed by atoms with E-state index in [0.29, 0.717) is 17.9 Å². The lowest BCUT2D eigenvalue weighted by molar-refractivity contribution is -0.134. The molecule has 1 aliphatic carbocycles. The van der Waals surface area contributed by atoms with E-state index in [1.54, 1.807) is 0 Å². The standard InChI is InChI=1S/C19H28N4O/c24-18(19-9-3-1-5-15(19)13-20-14-19)22-16-7-11-23(12-8-16)17-6-2-4-10-21-17/h2,4,6,10,15-16,20H,1,3,5,7-9,11-14H2,(H,22,24)/t15-,19+/m0/s1. The molecule has 3 fully saturated rings. The molecule has 1 saturated carbocycles. The molecule has 2 atom stereocenters. The highest BCUT2D eigenvalue weighted by Crippen LogP contribution is 2.44. The van der Waals surface area contributed by atoms with Crippen molar-refractivity contribution in [1.82, 2.24) is 15.6 Å². The van der Waals surface area contributed by atoms with Crippen molar-refractivity contribution in [2.75, 3.05) is 31.1 Å². The molecule has 24 heavy (non-hydrogen) atoms. The van der Waals surface area contributed by atoms with Gasteiger partial charge in [-0.3, -0.25) is 4.79 Å². The number of hydrogen-bond acceptors (Lipinski definition) is 4. The number of carbonyl (C=O) groups is 1. The lowest BCUT2D eigenvalue weighted by Gasteiger charge is -2.40. The molecule has 5 nitrogen and oxygen atoms in total. The SMILES string of the molecule is O=C(NC1CCN(c2ccccn2)CC1)[C@@]12CCCC[C@H]1CNC2. The molecule has 1 aromatic rings. The maximum Gasteiger partial charge on any atom is 0.228 e. The molecule has 2 N–H and O–H groups in total. The summed E-state index contributed by atoms with van der Waals surface area (Å²) in [6, 6.07) is 6.36. The quantitative estimate of drug-likeness (QED) is 0.890. The average Bonchev–Trinajstić information content (AvgIpc) is 3.08. The van der Waals surface area contributed by atoms with Gasteiger partial charge in [0.2, 0.25) is 5.91 Å². The van der Waals surface area contributed by atoms with Crippen LogP contribution in [-0.2, 0) is 4.79 Å². The number of nitrogens with zero attached hydrogens (tertiary/aromatic N) is 2. The Morgan fingerprint density at radius 3 is 2.92 bits per heavy atom. The van der Waals surface area contributed by atoms with Crippen LogP contribution in [0.5, 0.6) is 0 Å². The molecule has 4 rings (SSSR count). The van der Waals surface area contributed by atoms with E-state index in [2.05, 4.69) is 26.6 Å². The van der Waals surface area contributed by atoms with Gasteiger partial charge in [0.1, 0.15) is 5.82 Å². The first kappa shape index (κ1) is 15.9. The van der Waals surface area contributed by atoms with Crippen LogP contribution in [0.2, 0.25) is 0 Å². The van der Waals surface area contributed by atoms with Crippen molar-refractivity contribution in [3.63, 3.8) is 0 Å². The predicted molar refractivity (Wildman–Crippen MR) is 94.9 cm³/mol. The molecule has 0 spiro atoms. The Morgan fingerprint density at radius 1 is 1.25 bits per heavy atom. The van der Waals surface area contributed by atoms with E-state index >= 15 is 0 Å². The minimum atomic E-state index is -0.129. The van der Waals surface area contributed by atoms with E-state index < -0.39 is 0 Å². The number of amides is 1. The van der Waals surface area contributed by atoms with Gasteiger partial charge in [0.15, 0.2) is 0 Å². The zero-order valence-electron chi connectivity index (χ0n) is 14.3. The van der Waals surface area contributed by atoms with E-state index in [1.807, 2.05) is 18.3 Å². The number of pyridine rings is 1. The first-order chi connectivity index (χ1) is 11.8. The molecule has 5 heteroatoms. The van der Waals surface area contributed by atoms with Crippen LogP contribution in [0.4, 0.5) is 5.82 Å². The highest BCUT2D eigenvalue weighted by atomic mass is 16.2. The minimum absolute atomic E-state index is 0.129. The average molecular weight is 328 g/mol. The fourth-order valence-electron chi connectivity index (χ4n) is 4.81. The number of rotatable bonds is 3. The van der Waals surface area contributed by atoms with Gasteiger partial charge in [-0.1, -0.05) is 18.9 Å². The Balaban J connectivity index is 1.34. The number of aromatic nitrogens is 1. The third kappa shape index (κ3) is 2.90. The van der Waals surface area contributed by atoms with E-state index in [4.69, 9.17) is 0 Å². The topological polar surface area (TPSA) is 57.3 Å². The molecular formula is C19H28N4O. The lowest BCUT2D eigenvalue weighted by Crippen LogP contribution is -2.53. The fraction of sp³-hybridized carbons (Fsp3) is 0.684. The number of anilines is 1. The zero-order valence-corrected chi connectivity index (χ0v) is 14.3. The molecule has 2 saturated heterocycles. The second kappa shape index (κ2) is 6.71. The van der Waals surface area contributed by atoms with Crippen LogP contribution in [0.1, 0.15) is 38.5 Å². The molecule has 0 aromatic carbocycles. The monoisotopic (exact) mass is 328 g/mol. The Hall–Kier alpha value is -1.62. The summed E-state index contributed by atoms with van der Waals surface area (Å²) < 4.78 is 0. The van der Waals surface area contributed by atoms with Gasteiger partial charge < -0.3 is 15.5 Å². The maximum absolute atomic E-state index is 13.0. The van der Waals surface area contributed by atoms with Crippen molar-refractivity contribution >= 4 is 11.7 Å². The zero-order chi connectivity index (χ0) is 16.4. The molecule has 1 amide bonds. The third-order valence-corrected chi connectivity index (χ3v) is 6.29. The van der Waals surface area contributed by atoms with Gasteiger partial charge in [-0.25, -0.2) is 4.98 Å². The fourth-order valence-corrected chi connectivity index (χ4v) is 4.81. The van der Waals surface area contributed by atoms with Gasteiger partial charge in [0.25, 0.3) is 0 Å². The smallest absolute Gasteiger partial charge is 0.228 e. The van der Waals surface area contributed by atoms with E-state index in [-0.39, 0.29) is 5.41 Å². The van der Waals surface area contributed by atoms with Crippen molar-refractivity contribution in [2.45, 2.75) is 44.6 Å². The molecule has 0 unspecified atom stereocenters. The van der Waals surface area contributed by atoms with Crippen molar-refractivity contribution in [3.05, 3.63) is 24.4 Å². The van der Waals surface area contributed by atoms with Crippen LogP contribution in [0.25, 0.3) is 0 Å². The molecular weight excluding hydrogens is 300 g/mol. The highest BCUT2D eigenvalue weighted by molar-refractivity contribution is 5.84. The summed E-state index contributed by atoms with van der Waals surface area (Å²) in [6.07, 6.45) is 8.61. The van der Waals surface area contributed by atoms with Crippen molar-refractivity contribution < 1.29 is 4.79 Å². The van der Waals surface area contributed by atoms with Crippen LogP contribution < -0.4 is 15.5 Å². The van der Waals surface area contributed by atoms with Gasteiger partial charge in [0, 0.05) is 31.9 Å². The second-order valence-corrected chi connectivity index (χ2v) is 7.65. The summed E-state index contributed by atoms with van der Waals surface area (Å²) in [7, 11) is 0. The summed E-state index contributed by atoms with van der Waals surface area (Å²) >= 11 is 0. The van der Waals surface area contributed by atoms with Crippen molar-refractivity contribution in [3.8, 4) is 0 Å². The number of piperidine rings is 1. The van der Waals surface area contributed by atoms with Crippen LogP contribution in [0.15, 0.2) is 24.4 Å². The van der Waals surface area contributed by atoms with Gasteiger partial charge in [-0.05, 0) is 50.3 Å². The lowest BCUT2D eigenvalue weighted by atomic mass is 9.67. The van der Waals surface area contributed by atoms with Crippen LogP contribution >= 0.6 is 0 Å². The first-order valence-electron chi connectivity index (χ1n) is 9.46. The summed E-state index contributed by atoms with van der Waals surface area (Å²) in [5.74, 6) is 1.90. The summed E-state index contributed by atoms with van der Waals surface area (Å²) in [5, 5.41) is 6.87. The number of carbonyl (C=O) groups excluding carboxylic acids is 1. The summed E-state index contributed by atoms with van der Waals surface area (Å²) in [4.78, 5) is 19.8. The molecule has 130 valence electrons. The van der Waals surface area contributed by atoms with E-state index in [0.717, 1.165) is 51.3 Å². The first-order valence-corrected chi connectivity index (χ1v) is 9.46. The minimum Gasteiger partial charge on any atom is -0.356 e. The molecule has 3 aliphatic rings. The molecule has 2 aliphatic heterocycles. The Morgan fingerprint density at radius 2 is 2.12 bits per heavy atom. The van der Waals surface area contributed by atoms with Gasteiger partial charge in [0.05, 0.1) is 5.41 Å². The Labute approximate surface area is 144 Å². The number of fused-ring (bicyclic) bond motifs is 1. The van der Waals surface area contributed by atoms with E-state index in [9.17, 15) is 4.79 Å². The van der Waals surface area contributed by atoms with Crippen molar-refractivity contribution in [1.29, 1.82) is 0 Å². The molecule has 3 heterocycles. The van der Waals surface area contributed by atoms with Crippen molar-refractivity contribution in [2.24, 2.45) is 11.3 Å². The second-order valence-electron chi connectivity index (χ2n) is 7.65. The Kier molecular flexibility index (Phi) is 4.44. The van der Waals surface area contributed by atoms with E-state index in [1.165, 1.54) is 19.3 Å². The Bertz CT molecular complexity index is 570. The van der Waals surface area contributed by atoms with Gasteiger partial charge in [-0.15, -0.1) is 0 Å².